The first-order chi connectivity index (χ1) is 11.6. The van der Waals surface area contributed by atoms with Gasteiger partial charge in [0, 0.05) is 6.54 Å². The van der Waals surface area contributed by atoms with E-state index in [2.05, 4.69) is 16.7 Å². The zero-order chi connectivity index (χ0) is 16.9. The second-order valence-electron chi connectivity index (χ2n) is 6.07. The van der Waals surface area contributed by atoms with E-state index in [4.69, 9.17) is 0 Å². The van der Waals surface area contributed by atoms with Gasteiger partial charge in [0.2, 0.25) is 0 Å². The van der Waals surface area contributed by atoms with Gasteiger partial charge in [0.05, 0.1) is 12.1 Å². The molecule has 0 saturated heterocycles. The average Bonchev–Trinajstić information content (AvgIpc) is 2.61. The van der Waals surface area contributed by atoms with E-state index < -0.39 is 6.10 Å². The fourth-order valence-corrected chi connectivity index (χ4v) is 3.11. The number of nitrogens with one attached hydrogen (secondary N) is 2. The molecule has 0 heterocycles. The van der Waals surface area contributed by atoms with Crippen molar-refractivity contribution in [3.8, 4) is 0 Å². The van der Waals surface area contributed by atoms with Gasteiger partial charge in [0.25, 0.3) is 0 Å². The Balaban J connectivity index is 1.54. The molecule has 2 atom stereocenters. The highest BCUT2D eigenvalue weighted by molar-refractivity contribution is 5.74. The molecule has 1 aliphatic rings. The minimum absolute atomic E-state index is 0.00193. The van der Waals surface area contributed by atoms with Crippen molar-refractivity contribution in [1.82, 2.24) is 10.6 Å². The molecular formula is C19H21FN2O2. The molecule has 0 radical (unpaired) electrons. The number of amides is 2. The highest BCUT2D eigenvalue weighted by Gasteiger charge is 2.21. The summed E-state index contributed by atoms with van der Waals surface area (Å²) in [6.07, 6.45) is 2.12. The molecule has 0 aromatic heterocycles. The molecule has 0 aliphatic heterocycles. The predicted molar refractivity (Wildman–Crippen MR) is 90.0 cm³/mol. The van der Waals surface area contributed by atoms with E-state index in [1.807, 2.05) is 18.2 Å². The van der Waals surface area contributed by atoms with Gasteiger partial charge in [0.15, 0.2) is 0 Å². The van der Waals surface area contributed by atoms with Gasteiger partial charge in [-0.3, -0.25) is 0 Å². The predicted octanol–water partition coefficient (Wildman–Crippen LogP) is 3.24. The number of halogens is 1. The maximum absolute atomic E-state index is 12.9. The number of hydrogen-bond acceptors (Lipinski definition) is 2. The van der Waals surface area contributed by atoms with Crippen LogP contribution in [-0.4, -0.2) is 17.7 Å². The molecule has 2 amide bonds. The largest absolute Gasteiger partial charge is 0.387 e. The number of benzene rings is 2. The molecule has 0 fully saturated rings. The van der Waals surface area contributed by atoms with Gasteiger partial charge in [-0.2, -0.15) is 0 Å². The van der Waals surface area contributed by atoms with Crippen LogP contribution in [0.3, 0.4) is 0 Å². The van der Waals surface area contributed by atoms with Gasteiger partial charge in [0.1, 0.15) is 5.82 Å². The van der Waals surface area contributed by atoms with Crippen LogP contribution in [-0.2, 0) is 6.42 Å². The number of aliphatic hydroxyl groups excluding tert-OH is 1. The fraction of sp³-hybridized carbons (Fsp3) is 0.316. The summed E-state index contributed by atoms with van der Waals surface area (Å²) in [5, 5.41) is 15.7. The summed E-state index contributed by atoms with van der Waals surface area (Å²) in [7, 11) is 0. The lowest BCUT2D eigenvalue weighted by molar-refractivity contribution is 0.172. The van der Waals surface area contributed by atoms with Crippen LogP contribution in [0.1, 0.15) is 41.7 Å². The Morgan fingerprint density at radius 3 is 2.75 bits per heavy atom. The van der Waals surface area contributed by atoms with Crippen LogP contribution in [0.2, 0.25) is 0 Å². The normalized spacial score (nSPS) is 17.7. The minimum Gasteiger partial charge on any atom is -0.387 e. The number of aliphatic hydroxyl groups is 1. The Kier molecular flexibility index (Phi) is 5.11. The van der Waals surface area contributed by atoms with E-state index in [1.165, 1.54) is 29.8 Å². The Bertz CT molecular complexity index is 703. The van der Waals surface area contributed by atoms with Crippen molar-refractivity contribution in [3.05, 3.63) is 71.0 Å². The summed E-state index contributed by atoms with van der Waals surface area (Å²) in [6.45, 7) is 0.0752. The summed E-state index contributed by atoms with van der Waals surface area (Å²) < 4.78 is 12.9. The van der Waals surface area contributed by atoms with Crippen LogP contribution in [0.15, 0.2) is 48.5 Å². The third-order valence-electron chi connectivity index (χ3n) is 4.39. The quantitative estimate of drug-likeness (QED) is 0.807. The smallest absolute Gasteiger partial charge is 0.315 e. The lowest BCUT2D eigenvalue weighted by Crippen LogP contribution is -2.40. The SMILES string of the molecule is O=C(NCC(O)c1ccc(F)cc1)NC1CCCc2ccccc21. The Hall–Kier alpha value is -2.40. The molecule has 0 saturated carbocycles. The van der Waals surface area contributed by atoms with Crippen molar-refractivity contribution >= 4 is 6.03 Å². The molecule has 24 heavy (non-hydrogen) atoms. The molecule has 2 aromatic rings. The first-order valence-electron chi connectivity index (χ1n) is 8.19. The van der Waals surface area contributed by atoms with Crippen LogP contribution in [0.4, 0.5) is 9.18 Å². The second kappa shape index (κ2) is 7.45. The lowest BCUT2D eigenvalue weighted by atomic mass is 9.88. The Morgan fingerprint density at radius 2 is 1.96 bits per heavy atom. The van der Waals surface area contributed by atoms with Crippen LogP contribution in [0, 0.1) is 5.82 Å². The number of aryl methyl sites for hydroxylation is 1. The third kappa shape index (κ3) is 3.92. The molecule has 2 unspecified atom stereocenters. The van der Waals surface area contributed by atoms with Crippen molar-refractivity contribution in [2.75, 3.05) is 6.54 Å². The van der Waals surface area contributed by atoms with Gasteiger partial charge < -0.3 is 15.7 Å². The minimum atomic E-state index is -0.866. The molecule has 0 bridgehead atoms. The highest BCUT2D eigenvalue weighted by atomic mass is 19.1. The number of rotatable bonds is 4. The van der Waals surface area contributed by atoms with Crippen LogP contribution < -0.4 is 10.6 Å². The van der Waals surface area contributed by atoms with Crippen molar-refractivity contribution in [2.45, 2.75) is 31.4 Å². The maximum atomic E-state index is 12.9. The number of carbonyl (C=O) groups is 1. The van der Waals surface area contributed by atoms with Crippen molar-refractivity contribution < 1.29 is 14.3 Å². The number of urea groups is 1. The van der Waals surface area contributed by atoms with Crippen LogP contribution >= 0.6 is 0 Å². The third-order valence-corrected chi connectivity index (χ3v) is 4.39. The standard InChI is InChI=1S/C19H21FN2O2/c20-15-10-8-14(9-11-15)18(23)12-21-19(24)22-17-7-3-5-13-4-1-2-6-16(13)17/h1-2,4,6,8-11,17-18,23H,3,5,7,12H2,(H2,21,22,24). The van der Waals surface area contributed by atoms with Crippen molar-refractivity contribution in [2.24, 2.45) is 0 Å². The first kappa shape index (κ1) is 16.5. The molecule has 0 spiro atoms. The summed E-state index contributed by atoms with van der Waals surface area (Å²) in [4.78, 5) is 12.1. The summed E-state index contributed by atoms with van der Waals surface area (Å²) in [6, 6.07) is 13.4. The molecular weight excluding hydrogens is 307 g/mol. The van der Waals surface area contributed by atoms with E-state index in [9.17, 15) is 14.3 Å². The van der Waals surface area contributed by atoms with E-state index >= 15 is 0 Å². The Morgan fingerprint density at radius 1 is 1.21 bits per heavy atom. The van der Waals surface area contributed by atoms with Crippen LogP contribution in [0.25, 0.3) is 0 Å². The molecule has 126 valence electrons. The Labute approximate surface area is 140 Å². The van der Waals surface area contributed by atoms with Gasteiger partial charge in [-0.15, -0.1) is 0 Å². The highest BCUT2D eigenvalue weighted by Crippen LogP contribution is 2.29. The molecule has 3 rings (SSSR count). The van der Waals surface area contributed by atoms with E-state index in [0.717, 1.165) is 24.8 Å². The summed E-state index contributed by atoms with van der Waals surface area (Å²) in [5.74, 6) is -0.354. The van der Waals surface area contributed by atoms with Gasteiger partial charge in [-0.05, 0) is 48.1 Å². The average molecular weight is 328 g/mol. The van der Waals surface area contributed by atoms with Crippen molar-refractivity contribution in [3.63, 3.8) is 0 Å². The molecule has 2 aromatic carbocycles. The number of fused-ring (bicyclic) bond motifs is 1. The topological polar surface area (TPSA) is 61.4 Å². The molecule has 5 heteroatoms. The first-order valence-corrected chi connectivity index (χ1v) is 8.19. The summed E-state index contributed by atoms with van der Waals surface area (Å²) in [5.41, 5.74) is 3.01. The maximum Gasteiger partial charge on any atom is 0.315 e. The van der Waals surface area contributed by atoms with E-state index in [0.29, 0.717) is 5.56 Å². The molecule has 1 aliphatic carbocycles. The second-order valence-corrected chi connectivity index (χ2v) is 6.07. The fourth-order valence-electron chi connectivity index (χ4n) is 3.11. The molecule has 4 nitrogen and oxygen atoms in total. The number of carbonyl (C=O) groups excluding carboxylic acids is 1. The van der Waals surface area contributed by atoms with Gasteiger partial charge in [-0.1, -0.05) is 36.4 Å². The van der Waals surface area contributed by atoms with Gasteiger partial charge in [-0.25, -0.2) is 9.18 Å². The number of hydrogen-bond donors (Lipinski definition) is 3. The zero-order valence-electron chi connectivity index (χ0n) is 13.3. The van der Waals surface area contributed by atoms with Crippen molar-refractivity contribution in [1.29, 1.82) is 0 Å². The summed E-state index contributed by atoms with van der Waals surface area (Å²) >= 11 is 0. The monoisotopic (exact) mass is 328 g/mol. The van der Waals surface area contributed by atoms with Gasteiger partial charge >= 0.3 is 6.03 Å². The van der Waals surface area contributed by atoms with Crippen LogP contribution in [0.5, 0.6) is 0 Å². The van der Waals surface area contributed by atoms with E-state index in [1.54, 1.807) is 0 Å². The zero-order valence-corrected chi connectivity index (χ0v) is 13.3. The lowest BCUT2D eigenvalue weighted by Gasteiger charge is -2.26. The molecule has 3 N–H and O–H groups in total. The van der Waals surface area contributed by atoms with E-state index in [-0.39, 0.29) is 24.4 Å².